The molecule has 1 saturated heterocycles. The van der Waals surface area contributed by atoms with Gasteiger partial charge in [0.25, 0.3) is 0 Å². The number of anilines is 1. The molecule has 0 aromatic heterocycles. The fourth-order valence-corrected chi connectivity index (χ4v) is 1.55. The summed E-state index contributed by atoms with van der Waals surface area (Å²) in [4.78, 5) is 11.7. The van der Waals surface area contributed by atoms with E-state index in [0.29, 0.717) is 13.2 Å². The van der Waals surface area contributed by atoms with Gasteiger partial charge in [-0.2, -0.15) is 0 Å². The Morgan fingerprint density at radius 2 is 2.22 bits per heavy atom. The zero-order chi connectivity index (χ0) is 12.3. The molecule has 1 atom stereocenters. The molecule has 1 aromatic carbocycles. The van der Waals surface area contributed by atoms with Crippen molar-refractivity contribution in [2.75, 3.05) is 25.1 Å². The van der Waals surface area contributed by atoms with Crippen LogP contribution in [0.2, 0.25) is 0 Å². The van der Waals surface area contributed by atoms with E-state index in [4.69, 9.17) is 4.74 Å². The number of ether oxygens (including phenoxy) is 1. The summed E-state index contributed by atoms with van der Waals surface area (Å²) in [6, 6.07) is 3.10. The monoisotopic (exact) mass is 278 g/mol. The summed E-state index contributed by atoms with van der Waals surface area (Å²) in [6.45, 7) is 1.32. The molecule has 1 unspecified atom stereocenters. The molecule has 18 heavy (non-hydrogen) atoms. The van der Waals surface area contributed by atoms with Gasteiger partial charge in [-0.3, -0.25) is 4.79 Å². The van der Waals surface area contributed by atoms with E-state index in [1.807, 2.05) is 0 Å². The molecule has 2 rings (SSSR count). The molecule has 0 radical (unpaired) electrons. The highest BCUT2D eigenvalue weighted by molar-refractivity contribution is 5.95. The topological polar surface area (TPSA) is 50.4 Å². The first-order valence-electron chi connectivity index (χ1n) is 5.24. The number of carbonyl (C=O) groups excluding carboxylic acids is 1. The molecule has 100 valence electrons. The first-order chi connectivity index (χ1) is 8.18. The molecule has 0 bridgehead atoms. The lowest BCUT2D eigenvalue weighted by Crippen LogP contribution is -2.48. The zero-order valence-corrected chi connectivity index (χ0v) is 10.2. The second kappa shape index (κ2) is 6.63. The van der Waals surface area contributed by atoms with Gasteiger partial charge < -0.3 is 15.4 Å². The molecule has 1 aromatic rings. The maximum absolute atomic E-state index is 13.3. The van der Waals surface area contributed by atoms with Crippen LogP contribution in [0.5, 0.6) is 0 Å². The maximum atomic E-state index is 13.3. The van der Waals surface area contributed by atoms with Crippen LogP contribution in [0, 0.1) is 11.6 Å². The molecule has 2 N–H and O–H groups in total. The molecule has 7 heteroatoms. The third-order valence-corrected chi connectivity index (χ3v) is 2.45. The molecular weight excluding hydrogens is 266 g/mol. The number of morpholine rings is 1. The Hall–Kier alpha value is -1.24. The molecule has 1 amide bonds. The van der Waals surface area contributed by atoms with Crippen molar-refractivity contribution < 1.29 is 18.3 Å². The number of hydrogen-bond donors (Lipinski definition) is 2. The van der Waals surface area contributed by atoms with Crippen molar-refractivity contribution in [2.45, 2.75) is 6.04 Å². The number of carbonyl (C=O) groups is 1. The van der Waals surface area contributed by atoms with Gasteiger partial charge in [-0.1, -0.05) is 6.07 Å². The van der Waals surface area contributed by atoms with Crippen molar-refractivity contribution >= 4 is 24.0 Å². The van der Waals surface area contributed by atoms with E-state index < -0.39 is 23.6 Å². The van der Waals surface area contributed by atoms with Crippen LogP contribution in [0.4, 0.5) is 14.5 Å². The number of hydrogen-bond acceptors (Lipinski definition) is 3. The van der Waals surface area contributed by atoms with E-state index in [1.165, 1.54) is 12.1 Å². The number of nitrogens with one attached hydrogen (secondary N) is 2. The van der Waals surface area contributed by atoms with Gasteiger partial charge >= 0.3 is 0 Å². The number of halogens is 3. The first kappa shape index (κ1) is 14.8. The van der Waals surface area contributed by atoms with E-state index in [1.54, 1.807) is 0 Å². The van der Waals surface area contributed by atoms with Crippen LogP contribution in [-0.4, -0.2) is 31.7 Å². The summed E-state index contributed by atoms with van der Waals surface area (Å²) >= 11 is 0. The minimum absolute atomic E-state index is 0. The summed E-state index contributed by atoms with van der Waals surface area (Å²) in [5, 5.41) is 5.24. The van der Waals surface area contributed by atoms with Crippen LogP contribution < -0.4 is 10.6 Å². The fraction of sp³-hybridized carbons (Fsp3) is 0.364. The summed E-state index contributed by atoms with van der Waals surface area (Å²) in [6.07, 6.45) is 0. The van der Waals surface area contributed by atoms with Gasteiger partial charge in [0, 0.05) is 6.54 Å². The molecule has 1 heterocycles. The molecule has 0 spiro atoms. The molecule has 0 aliphatic carbocycles. The second-order valence-electron chi connectivity index (χ2n) is 3.67. The third kappa shape index (κ3) is 3.38. The van der Waals surface area contributed by atoms with Crippen molar-refractivity contribution in [2.24, 2.45) is 0 Å². The summed E-state index contributed by atoms with van der Waals surface area (Å²) in [7, 11) is 0. The van der Waals surface area contributed by atoms with Gasteiger partial charge in [-0.05, 0) is 12.1 Å². The Kier molecular flexibility index (Phi) is 5.46. The molecule has 4 nitrogen and oxygen atoms in total. The Balaban J connectivity index is 0.00000162. The average Bonchev–Trinajstić information content (AvgIpc) is 2.36. The lowest BCUT2D eigenvalue weighted by Gasteiger charge is -2.22. The zero-order valence-electron chi connectivity index (χ0n) is 9.41. The van der Waals surface area contributed by atoms with Crippen LogP contribution in [0.1, 0.15) is 0 Å². The van der Waals surface area contributed by atoms with Gasteiger partial charge in [0.1, 0.15) is 6.04 Å². The minimum Gasteiger partial charge on any atom is -0.378 e. The fourth-order valence-electron chi connectivity index (χ4n) is 1.55. The third-order valence-electron chi connectivity index (χ3n) is 2.45. The smallest absolute Gasteiger partial charge is 0.243 e. The van der Waals surface area contributed by atoms with Gasteiger partial charge in [0.2, 0.25) is 5.91 Å². The summed E-state index contributed by atoms with van der Waals surface area (Å²) in [5.74, 6) is -2.48. The van der Waals surface area contributed by atoms with Gasteiger partial charge in [-0.15, -0.1) is 12.4 Å². The van der Waals surface area contributed by atoms with Crippen molar-refractivity contribution in [1.82, 2.24) is 5.32 Å². The highest BCUT2D eigenvalue weighted by atomic mass is 35.5. The van der Waals surface area contributed by atoms with E-state index in [0.717, 1.165) is 6.07 Å². The largest absolute Gasteiger partial charge is 0.378 e. The highest BCUT2D eigenvalue weighted by Gasteiger charge is 2.22. The predicted molar refractivity (Wildman–Crippen MR) is 64.8 cm³/mol. The van der Waals surface area contributed by atoms with Crippen LogP contribution in [0.25, 0.3) is 0 Å². The lowest BCUT2D eigenvalue weighted by atomic mass is 10.2. The van der Waals surface area contributed by atoms with Crippen molar-refractivity contribution in [3.63, 3.8) is 0 Å². The predicted octanol–water partition coefficient (Wildman–Crippen LogP) is 1.31. The van der Waals surface area contributed by atoms with Crippen LogP contribution >= 0.6 is 12.4 Å². The van der Waals surface area contributed by atoms with Crippen LogP contribution in [0.3, 0.4) is 0 Å². The van der Waals surface area contributed by atoms with Gasteiger partial charge in [0.05, 0.1) is 18.9 Å². The van der Waals surface area contributed by atoms with E-state index in [2.05, 4.69) is 10.6 Å². The first-order valence-corrected chi connectivity index (χ1v) is 5.24. The minimum atomic E-state index is -1.06. The Labute approximate surface area is 109 Å². The Bertz CT molecular complexity index is 426. The van der Waals surface area contributed by atoms with Crippen molar-refractivity contribution in [3.8, 4) is 0 Å². The van der Waals surface area contributed by atoms with E-state index in [-0.39, 0.29) is 24.7 Å². The molecule has 1 aliphatic heterocycles. The maximum Gasteiger partial charge on any atom is 0.243 e. The van der Waals surface area contributed by atoms with Crippen molar-refractivity contribution in [3.05, 3.63) is 29.8 Å². The van der Waals surface area contributed by atoms with Crippen LogP contribution in [-0.2, 0) is 9.53 Å². The second-order valence-corrected chi connectivity index (χ2v) is 3.67. The van der Waals surface area contributed by atoms with E-state index in [9.17, 15) is 13.6 Å². The average molecular weight is 279 g/mol. The van der Waals surface area contributed by atoms with Gasteiger partial charge in [0.15, 0.2) is 11.6 Å². The molecule has 1 fully saturated rings. The summed E-state index contributed by atoms with van der Waals surface area (Å²) < 4.78 is 31.3. The Morgan fingerprint density at radius 3 is 2.89 bits per heavy atom. The quantitative estimate of drug-likeness (QED) is 0.858. The molecular formula is C11H13ClF2N2O2. The number of amides is 1. The standard InChI is InChI=1S/C11H12F2N2O2.ClH/c12-7-2-1-3-8(10(7)13)15-11(16)9-6-17-5-4-14-9;/h1-3,9,14H,4-6H2,(H,15,16);1H. The highest BCUT2D eigenvalue weighted by Crippen LogP contribution is 2.16. The number of rotatable bonds is 2. The van der Waals surface area contributed by atoms with Crippen molar-refractivity contribution in [1.29, 1.82) is 0 Å². The van der Waals surface area contributed by atoms with Crippen LogP contribution in [0.15, 0.2) is 18.2 Å². The van der Waals surface area contributed by atoms with E-state index >= 15 is 0 Å². The lowest BCUT2D eigenvalue weighted by molar-refractivity contribution is -0.120. The summed E-state index contributed by atoms with van der Waals surface area (Å²) in [5.41, 5.74) is -0.164. The molecule has 0 saturated carbocycles. The molecule has 1 aliphatic rings. The Morgan fingerprint density at radius 1 is 1.44 bits per heavy atom. The number of benzene rings is 1. The van der Waals surface area contributed by atoms with Gasteiger partial charge in [-0.25, -0.2) is 8.78 Å². The SMILES string of the molecule is Cl.O=C(Nc1cccc(F)c1F)C1COCCN1. The normalized spacial score (nSPS) is 18.9.